The number of hydrogen-bond donors (Lipinski definition) is 0. The molecule has 0 N–H and O–H groups in total. The van der Waals surface area contributed by atoms with Crippen LogP contribution in [0.25, 0.3) is 5.57 Å². The molecule has 0 atom stereocenters. The van der Waals surface area contributed by atoms with E-state index in [1.807, 2.05) is 0 Å². The SMILES string of the molecule is COc1cc(C(=O)COC(C)=O)ccc1OCCCN1CCC(=C(c2ccc(F)cc2)c2ccc(F)c(F)c2)CC1. The molecule has 0 amide bonds. The third-order valence-electron chi connectivity index (χ3n) is 6.92. The van der Waals surface area contributed by atoms with E-state index in [9.17, 15) is 22.8 Å². The zero-order chi connectivity index (χ0) is 29.4. The summed E-state index contributed by atoms with van der Waals surface area (Å²) in [6.07, 6.45) is 2.23. The van der Waals surface area contributed by atoms with Crippen LogP contribution in [0.2, 0.25) is 0 Å². The molecule has 0 radical (unpaired) electrons. The van der Waals surface area contributed by atoms with Crippen molar-refractivity contribution < 1.29 is 37.0 Å². The van der Waals surface area contributed by atoms with Crippen LogP contribution in [0, 0.1) is 17.5 Å². The van der Waals surface area contributed by atoms with Crippen molar-refractivity contribution in [3.63, 3.8) is 0 Å². The summed E-state index contributed by atoms with van der Waals surface area (Å²) >= 11 is 0. The van der Waals surface area contributed by atoms with Gasteiger partial charge in [0.25, 0.3) is 0 Å². The van der Waals surface area contributed by atoms with E-state index in [2.05, 4.69) is 4.90 Å². The number of hydrogen-bond acceptors (Lipinski definition) is 6. The van der Waals surface area contributed by atoms with E-state index in [4.69, 9.17) is 14.2 Å². The number of carbonyl (C=O) groups excluding carboxylic acids is 2. The zero-order valence-corrected chi connectivity index (χ0v) is 23.1. The lowest BCUT2D eigenvalue weighted by Gasteiger charge is -2.30. The number of ketones is 1. The summed E-state index contributed by atoms with van der Waals surface area (Å²) in [5.41, 5.74) is 3.62. The van der Waals surface area contributed by atoms with Gasteiger partial charge in [0.05, 0.1) is 13.7 Å². The minimum atomic E-state index is -0.917. The second-order valence-corrected chi connectivity index (χ2v) is 9.73. The van der Waals surface area contributed by atoms with Gasteiger partial charge < -0.3 is 19.1 Å². The predicted molar refractivity (Wildman–Crippen MR) is 149 cm³/mol. The van der Waals surface area contributed by atoms with Crippen LogP contribution in [0.1, 0.15) is 47.7 Å². The fraction of sp³-hybridized carbons (Fsp3) is 0.312. The number of halogens is 3. The lowest BCUT2D eigenvalue weighted by Crippen LogP contribution is -2.32. The molecule has 9 heteroatoms. The summed E-state index contributed by atoms with van der Waals surface area (Å²) in [5, 5.41) is 0. The monoisotopic (exact) mass is 567 g/mol. The van der Waals surface area contributed by atoms with Crippen LogP contribution in [0.5, 0.6) is 11.5 Å². The molecule has 0 saturated carbocycles. The minimum Gasteiger partial charge on any atom is -0.493 e. The number of piperidine rings is 1. The number of nitrogens with zero attached hydrogens (tertiary/aromatic N) is 1. The van der Waals surface area contributed by atoms with Gasteiger partial charge in [-0.3, -0.25) is 9.59 Å². The molecule has 41 heavy (non-hydrogen) atoms. The molecule has 1 fully saturated rings. The van der Waals surface area contributed by atoms with Crippen LogP contribution >= 0.6 is 0 Å². The molecule has 0 bridgehead atoms. The number of benzene rings is 3. The number of carbonyl (C=O) groups is 2. The summed E-state index contributed by atoms with van der Waals surface area (Å²) in [6, 6.07) is 14.8. The van der Waals surface area contributed by atoms with Gasteiger partial charge in [0.1, 0.15) is 5.82 Å². The van der Waals surface area contributed by atoms with Crippen molar-refractivity contribution in [1.82, 2.24) is 4.90 Å². The second kappa shape index (κ2) is 14.0. The van der Waals surface area contributed by atoms with Gasteiger partial charge in [-0.15, -0.1) is 0 Å². The second-order valence-electron chi connectivity index (χ2n) is 9.73. The first-order chi connectivity index (χ1) is 19.7. The van der Waals surface area contributed by atoms with Gasteiger partial charge in [-0.05, 0) is 78.4 Å². The van der Waals surface area contributed by atoms with Gasteiger partial charge in [0, 0.05) is 32.1 Å². The van der Waals surface area contributed by atoms with E-state index in [1.54, 1.807) is 36.4 Å². The highest BCUT2D eigenvalue weighted by molar-refractivity contribution is 5.98. The van der Waals surface area contributed by atoms with E-state index in [0.717, 1.165) is 61.7 Å². The largest absolute Gasteiger partial charge is 0.493 e. The number of rotatable bonds is 11. The molecular formula is C32H32F3NO5. The van der Waals surface area contributed by atoms with Crippen molar-refractivity contribution >= 4 is 17.3 Å². The number of likely N-dealkylation sites (tertiary alicyclic amines) is 1. The van der Waals surface area contributed by atoms with E-state index < -0.39 is 17.6 Å². The number of esters is 1. The van der Waals surface area contributed by atoms with E-state index in [-0.39, 0.29) is 18.2 Å². The molecule has 216 valence electrons. The van der Waals surface area contributed by atoms with Crippen LogP contribution in [0.4, 0.5) is 13.2 Å². The summed E-state index contributed by atoms with van der Waals surface area (Å²) < 4.78 is 57.3. The van der Waals surface area contributed by atoms with E-state index in [0.29, 0.717) is 29.2 Å². The highest BCUT2D eigenvalue weighted by Gasteiger charge is 2.20. The molecule has 1 heterocycles. The van der Waals surface area contributed by atoms with Crippen molar-refractivity contribution in [2.24, 2.45) is 0 Å². The maximum Gasteiger partial charge on any atom is 0.303 e. The quantitative estimate of drug-likeness (QED) is 0.156. The average molecular weight is 568 g/mol. The van der Waals surface area contributed by atoms with Gasteiger partial charge in [-0.25, -0.2) is 13.2 Å². The molecule has 4 rings (SSSR count). The van der Waals surface area contributed by atoms with E-state index >= 15 is 0 Å². The Labute approximate surface area is 237 Å². The minimum absolute atomic E-state index is 0.336. The highest BCUT2D eigenvalue weighted by atomic mass is 19.2. The fourth-order valence-electron chi connectivity index (χ4n) is 4.82. The van der Waals surface area contributed by atoms with Gasteiger partial charge >= 0.3 is 5.97 Å². The Morgan fingerprint density at radius 3 is 2.17 bits per heavy atom. The Bertz CT molecular complexity index is 1410. The molecule has 1 aliphatic rings. The molecule has 3 aromatic rings. The summed E-state index contributed by atoms with van der Waals surface area (Å²) in [6.45, 7) is 3.71. The molecule has 0 spiro atoms. The first kappa shape index (κ1) is 29.9. The third-order valence-corrected chi connectivity index (χ3v) is 6.92. The zero-order valence-electron chi connectivity index (χ0n) is 23.1. The van der Waals surface area contributed by atoms with Gasteiger partial charge in [-0.1, -0.05) is 23.8 Å². The van der Waals surface area contributed by atoms with Crippen LogP contribution in [-0.2, 0) is 9.53 Å². The molecule has 0 aliphatic carbocycles. The summed E-state index contributed by atoms with van der Waals surface area (Å²) in [4.78, 5) is 25.5. The Hall–Kier alpha value is -4.11. The van der Waals surface area contributed by atoms with Crippen LogP contribution in [0.3, 0.4) is 0 Å². The maximum atomic E-state index is 14.1. The summed E-state index contributed by atoms with van der Waals surface area (Å²) in [7, 11) is 1.49. The molecule has 3 aromatic carbocycles. The standard InChI is InChI=1S/C32H32F3NO5/c1-21(37)41-20-29(38)24-7-11-30(31(19-24)39-2)40-17-3-14-36-15-12-23(13-16-36)32(22-4-8-26(33)9-5-22)25-6-10-27(34)28(35)18-25/h4-11,18-19H,3,12-17,20H2,1-2H3. The summed E-state index contributed by atoms with van der Waals surface area (Å²) in [5.74, 6) is -2.12. The Balaban J connectivity index is 1.34. The number of ether oxygens (including phenoxy) is 3. The smallest absolute Gasteiger partial charge is 0.303 e. The molecule has 6 nitrogen and oxygen atoms in total. The van der Waals surface area contributed by atoms with Gasteiger partial charge in [-0.2, -0.15) is 0 Å². The van der Waals surface area contributed by atoms with Crippen molar-refractivity contribution in [3.8, 4) is 11.5 Å². The molecule has 0 unspecified atom stereocenters. The van der Waals surface area contributed by atoms with E-state index in [1.165, 1.54) is 32.2 Å². The molecule has 0 aromatic heterocycles. The molecule has 1 saturated heterocycles. The molecule has 1 aliphatic heterocycles. The van der Waals surface area contributed by atoms with Crippen molar-refractivity contribution in [1.29, 1.82) is 0 Å². The number of methoxy groups -OCH3 is 1. The van der Waals surface area contributed by atoms with Crippen molar-refractivity contribution in [2.75, 3.05) is 40.0 Å². The Kier molecular flexibility index (Phi) is 10.2. The normalized spacial score (nSPS) is 13.5. The first-order valence-electron chi connectivity index (χ1n) is 13.4. The maximum absolute atomic E-state index is 14.1. The van der Waals surface area contributed by atoms with Gasteiger partial charge in [0.15, 0.2) is 35.5 Å². The average Bonchev–Trinajstić information content (AvgIpc) is 2.97. The topological polar surface area (TPSA) is 65.1 Å². The van der Waals surface area contributed by atoms with Crippen LogP contribution < -0.4 is 9.47 Å². The Morgan fingerprint density at radius 2 is 1.51 bits per heavy atom. The lowest BCUT2D eigenvalue weighted by atomic mass is 9.88. The molecular weight excluding hydrogens is 535 g/mol. The fourth-order valence-corrected chi connectivity index (χ4v) is 4.82. The van der Waals surface area contributed by atoms with Crippen LogP contribution in [-0.4, -0.2) is 56.6 Å². The predicted octanol–water partition coefficient (Wildman–Crippen LogP) is 6.23. The third kappa shape index (κ3) is 7.98. The lowest BCUT2D eigenvalue weighted by molar-refractivity contribution is -0.139. The first-order valence-corrected chi connectivity index (χ1v) is 13.4. The Morgan fingerprint density at radius 1 is 0.829 bits per heavy atom. The van der Waals surface area contributed by atoms with Gasteiger partial charge in [0.2, 0.25) is 0 Å². The van der Waals surface area contributed by atoms with Crippen molar-refractivity contribution in [2.45, 2.75) is 26.2 Å². The van der Waals surface area contributed by atoms with Crippen LogP contribution in [0.15, 0.2) is 66.2 Å². The van der Waals surface area contributed by atoms with Crippen molar-refractivity contribution in [3.05, 3.63) is 100 Å². The highest BCUT2D eigenvalue weighted by Crippen LogP contribution is 2.33. The number of Topliss-reactive ketones (excluding diaryl/α,β-unsaturated/α-hetero) is 1.